The molecule has 1 aromatic heterocycles. The highest BCUT2D eigenvalue weighted by Gasteiger charge is 2.11. The number of carbonyl (C=O) groups excluding carboxylic acids is 2. The minimum Gasteiger partial charge on any atom is -0.396 e. The summed E-state index contributed by atoms with van der Waals surface area (Å²) in [6.07, 6.45) is 0.497. The molecule has 1 heterocycles. The maximum Gasteiger partial charge on any atom is 0.256 e. The molecule has 0 aliphatic rings. The van der Waals surface area contributed by atoms with Gasteiger partial charge >= 0.3 is 0 Å². The van der Waals surface area contributed by atoms with Crippen LogP contribution < -0.4 is 16.4 Å². The van der Waals surface area contributed by atoms with Crippen molar-refractivity contribution in [2.45, 2.75) is 26.8 Å². The van der Waals surface area contributed by atoms with Gasteiger partial charge in [-0.2, -0.15) is 0 Å². The normalized spacial score (nSPS) is 10.6. The Hall–Kier alpha value is -3.67. The summed E-state index contributed by atoms with van der Waals surface area (Å²) in [5, 5.41) is 5.67. The Balaban J connectivity index is 1.65. The number of nitrogens with zero attached hydrogens (tertiary/aromatic N) is 1. The van der Waals surface area contributed by atoms with Crippen molar-refractivity contribution < 1.29 is 9.59 Å². The number of rotatable bonds is 7. The van der Waals surface area contributed by atoms with Crippen molar-refractivity contribution in [1.82, 2.24) is 10.3 Å². The highest BCUT2D eigenvalue weighted by Crippen LogP contribution is 2.23. The first-order valence-electron chi connectivity index (χ1n) is 9.91. The predicted octanol–water partition coefficient (Wildman–Crippen LogP) is 4.25. The minimum absolute atomic E-state index is 0.0201. The quantitative estimate of drug-likeness (QED) is 0.550. The molecule has 154 valence electrons. The van der Waals surface area contributed by atoms with Crippen LogP contribution in [0, 0.1) is 5.92 Å². The van der Waals surface area contributed by atoms with E-state index in [1.165, 1.54) is 0 Å². The average molecular weight is 402 g/mol. The Morgan fingerprint density at radius 3 is 2.33 bits per heavy atom. The van der Waals surface area contributed by atoms with E-state index in [0.29, 0.717) is 36.0 Å². The summed E-state index contributed by atoms with van der Waals surface area (Å²) in [6, 6.07) is 20.3. The molecule has 30 heavy (non-hydrogen) atoms. The van der Waals surface area contributed by atoms with Crippen LogP contribution in [0.2, 0.25) is 0 Å². The second-order valence-corrected chi connectivity index (χ2v) is 7.53. The van der Waals surface area contributed by atoms with E-state index < -0.39 is 0 Å². The topological polar surface area (TPSA) is 97.1 Å². The van der Waals surface area contributed by atoms with Crippen LogP contribution in [0.3, 0.4) is 0 Å². The lowest BCUT2D eigenvalue weighted by Gasteiger charge is -2.10. The van der Waals surface area contributed by atoms with Gasteiger partial charge in [0.2, 0.25) is 5.91 Å². The summed E-state index contributed by atoms with van der Waals surface area (Å²) >= 11 is 0. The molecule has 0 saturated carbocycles. The van der Waals surface area contributed by atoms with Gasteiger partial charge in [0.05, 0.1) is 11.4 Å². The van der Waals surface area contributed by atoms with Gasteiger partial charge in [-0.15, -0.1) is 0 Å². The fraction of sp³-hybridized carbons (Fsp3) is 0.208. The van der Waals surface area contributed by atoms with E-state index in [2.05, 4.69) is 15.6 Å². The molecule has 0 fully saturated rings. The van der Waals surface area contributed by atoms with Gasteiger partial charge in [-0.05, 0) is 35.7 Å². The van der Waals surface area contributed by atoms with E-state index in [9.17, 15) is 9.59 Å². The summed E-state index contributed by atoms with van der Waals surface area (Å²) in [4.78, 5) is 28.9. The lowest BCUT2D eigenvalue weighted by molar-refractivity contribution is -0.121. The molecule has 0 bridgehead atoms. The fourth-order valence-electron chi connectivity index (χ4n) is 2.94. The number of nitrogen functional groups attached to an aromatic ring is 1. The maximum absolute atomic E-state index is 12.6. The molecule has 0 spiro atoms. The van der Waals surface area contributed by atoms with Gasteiger partial charge in [0, 0.05) is 24.1 Å². The number of anilines is 2. The van der Waals surface area contributed by atoms with Gasteiger partial charge in [-0.3, -0.25) is 9.59 Å². The monoisotopic (exact) mass is 402 g/mol. The number of carbonyl (C=O) groups is 2. The number of nitrogens with one attached hydrogen (secondary N) is 2. The van der Waals surface area contributed by atoms with E-state index in [0.717, 1.165) is 16.8 Å². The number of benzene rings is 2. The van der Waals surface area contributed by atoms with E-state index in [4.69, 9.17) is 5.73 Å². The van der Waals surface area contributed by atoms with Crippen molar-refractivity contribution in [3.05, 3.63) is 77.9 Å². The summed E-state index contributed by atoms with van der Waals surface area (Å²) in [5.74, 6) is 0.366. The van der Waals surface area contributed by atoms with Crippen molar-refractivity contribution in [3.8, 4) is 11.3 Å². The van der Waals surface area contributed by atoms with Gasteiger partial charge in [-0.25, -0.2) is 4.98 Å². The Morgan fingerprint density at radius 1 is 0.967 bits per heavy atom. The molecule has 3 rings (SSSR count). The molecule has 0 aliphatic heterocycles. The zero-order valence-electron chi connectivity index (χ0n) is 17.2. The van der Waals surface area contributed by atoms with Gasteiger partial charge in [0.1, 0.15) is 0 Å². The summed E-state index contributed by atoms with van der Waals surface area (Å²) in [5.41, 5.74) is 9.48. The molecule has 0 aliphatic carbocycles. The van der Waals surface area contributed by atoms with Crippen LogP contribution in [-0.2, 0) is 11.3 Å². The molecule has 2 amide bonds. The third-order valence-electron chi connectivity index (χ3n) is 4.53. The molecule has 0 radical (unpaired) electrons. The van der Waals surface area contributed by atoms with E-state index in [1.54, 1.807) is 18.2 Å². The number of aromatic nitrogens is 1. The average Bonchev–Trinajstić information content (AvgIpc) is 2.74. The van der Waals surface area contributed by atoms with Crippen LogP contribution in [0.1, 0.15) is 36.2 Å². The first-order valence-corrected chi connectivity index (χ1v) is 9.91. The number of hydrogen-bond donors (Lipinski definition) is 3. The Labute approximate surface area is 176 Å². The first-order chi connectivity index (χ1) is 14.4. The standard InChI is InChI=1S/C24H26N4O2/c1-16(2)14-22(29)26-15-17-8-10-19(11-9-17)24(30)28-23-20(25)12-13-21(27-23)18-6-4-3-5-7-18/h3-13,16H,14-15,25H2,1-2H3,(H,26,29)(H,27,28,30). The van der Waals surface area contributed by atoms with Crippen LogP contribution in [0.5, 0.6) is 0 Å². The van der Waals surface area contributed by atoms with Crippen molar-refractivity contribution in [2.24, 2.45) is 5.92 Å². The molecular formula is C24H26N4O2. The predicted molar refractivity (Wildman–Crippen MR) is 120 cm³/mol. The number of pyridine rings is 1. The SMILES string of the molecule is CC(C)CC(=O)NCc1ccc(C(=O)Nc2nc(-c3ccccc3)ccc2N)cc1. The highest BCUT2D eigenvalue weighted by molar-refractivity contribution is 6.05. The van der Waals surface area contributed by atoms with Crippen LogP contribution >= 0.6 is 0 Å². The van der Waals surface area contributed by atoms with Crippen LogP contribution in [0.15, 0.2) is 66.7 Å². The molecule has 0 atom stereocenters. The minimum atomic E-state index is -0.296. The van der Waals surface area contributed by atoms with Crippen molar-refractivity contribution in [3.63, 3.8) is 0 Å². The molecule has 4 N–H and O–H groups in total. The molecule has 0 saturated heterocycles. The molecular weight excluding hydrogens is 376 g/mol. The molecule has 3 aromatic rings. The maximum atomic E-state index is 12.6. The third-order valence-corrected chi connectivity index (χ3v) is 4.53. The largest absolute Gasteiger partial charge is 0.396 e. The second-order valence-electron chi connectivity index (χ2n) is 7.53. The fourth-order valence-corrected chi connectivity index (χ4v) is 2.94. The van der Waals surface area contributed by atoms with E-state index in [-0.39, 0.29) is 11.8 Å². The van der Waals surface area contributed by atoms with Crippen LogP contribution in [0.4, 0.5) is 11.5 Å². The third kappa shape index (κ3) is 5.67. The zero-order chi connectivity index (χ0) is 21.5. The van der Waals surface area contributed by atoms with Crippen molar-refractivity contribution >= 4 is 23.3 Å². The first kappa shape index (κ1) is 21.0. The molecule has 6 nitrogen and oxygen atoms in total. The second kappa shape index (κ2) is 9.69. The van der Waals surface area contributed by atoms with Crippen LogP contribution in [0.25, 0.3) is 11.3 Å². The summed E-state index contributed by atoms with van der Waals surface area (Å²) < 4.78 is 0. The van der Waals surface area contributed by atoms with Gasteiger partial charge in [-0.1, -0.05) is 56.3 Å². The van der Waals surface area contributed by atoms with Gasteiger partial charge in [0.25, 0.3) is 5.91 Å². The lowest BCUT2D eigenvalue weighted by atomic mass is 10.1. The van der Waals surface area contributed by atoms with Crippen LogP contribution in [-0.4, -0.2) is 16.8 Å². The molecule has 6 heteroatoms. The molecule has 2 aromatic carbocycles. The van der Waals surface area contributed by atoms with E-state index >= 15 is 0 Å². The zero-order valence-corrected chi connectivity index (χ0v) is 17.2. The highest BCUT2D eigenvalue weighted by atomic mass is 16.2. The number of hydrogen-bond acceptors (Lipinski definition) is 4. The summed E-state index contributed by atoms with van der Waals surface area (Å²) in [6.45, 7) is 4.44. The summed E-state index contributed by atoms with van der Waals surface area (Å²) in [7, 11) is 0. The van der Waals surface area contributed by atoms with Gasteiger partial charge < -0.3 is 16.4 Å². The number of amides is 2. The molecule has 0 unspecified atom stereocenters. The number of nitrogens with two attached hydrogens (primary N) is 1. The lowest BCUT2D eigenvalue weighted by Crippen LogP contribution is -2.24. The van der Waals surface area contributed by atoms with Crippen molar-refractivity contribution in [1.29, 1.82) is 0 Å². The Morgan fingerprint density at radius 2 is 1.67 bits per heavy atom. The van der Waals surface area contributed by atoms with E-state index in [1.807, 2.05) is 62.4 Å². The smallest absolute Gasteiger partial charge is 0.256 e. The Kier molecular flexibility index (Phi) is 6.80. The van der Waals surface area contributed by atoms with Gasteiger partial charge in [0.15, 0.2) is 5.82 Å². The Bertz CT molecular complexity index is 1020. The van der Waals surface area contributed by atoms with Crippen molar-refractivity contribution in [2.75, 3.05) is 11.1 Å².